The second-order valence-electron chi connectivity index (χ2n) is 4.36. The first-order valence-electron chi connectivity index (χ1n) is 5.44. The fourth-order valence-electron chi connectivity index (χ4n) is 2.23. The molecule has 1 aliphatic rings. The van der Waals surface area contributed by atoms with Crippen LogP contribution in [-0.4, -0.2) is 13.1 Å². The Morgan fingerprint density at radius 1 is 1.12 bits per heavy atom. The van der Waals surface area contributed by atoms with E-state index in [9.17, 15) is 13.2 Å². The summed E-state index contributed by atoms with van der Waals surface area (Å²) in [6, 6.07) is 1.62. The summed E-state index contributed by atoms with van der Waals surface area (Å²) in [4.78, 5) is 0. The lowest BCUT2D eigenvalue weighted by Crippen LogP contribution is -2.34. The third kappa shape index (κ3) is 2.07. The number of nitrogens with one attached hydrogen (secondary N) is 1. The minimum Gasteiger partial charge on any atom is -0.316 e. The zero-order valence-corrected chi connectivity index (χ0v) is 9.06. The molecule has 88 valence electrons. The topological polar surface area (TPSA) is 12.0 Å². The summed E-state index contributed by atoms with van der Waals surface area (Å²) in [6.07, 6.45) is 0.920. The molecule has 0 bridgehead atoms. The van der Waals surface area contributed by atoms with Gasteiger partial charge in [-0.05, 0) is 30.5 Å². The van der Waals surface area contributed by atoms with Crippen molar-refractivity contribution in [3.63, 3.8) is 0 Å². The summed E-state index contributed by atoms with van der Waals surface area (Å²) in [5.41, 5.74) is 0.276. The van der Waals surface area contributed by atoms with Crippen molar-refractivity contribution in [2.24, 2.45) is 5.92 Å². The fraction of sp³-hybridized carbons (Fsp3) is 0.500. The molecule has 2 atom stereocenters. The first-order chi connectivity index (χ1) is 7.59. The Labute approximate surface area is 92.7 Å². The molecule has 1 saturated heterocycles. The molecule has 1 N–H and O–H groups in total. The first-order valence-corrected chi connectivity index (χ1v) is 5.44. The zero-order chi connectivity index (χ0) is 11.7. The van der Waals surface area contributed by atoms with Crippen LogP contribution >= 0.6 is 0 Å². The number of halogens is 3. The van der Waals surface area contributed by atoms with Crippen molar-refractivity contribution >= 4 is 0 Å². The maximum absolute atomic E-state index is 13.6. The van der Waals surface area contributed by atoms with E-state index < -0.39 is 17.5 Å². The smallest absolute Gasteiger partial charge is 0.161 e. The molecule has 1 aromatic carbocycles. The van der Waals surface area contributed by atoms with Crippen LogP contribution in [0.3, 0.4) is 0 Å². The lowest BCUT2D eigenvalue weighted by Gasteiger charge is -2.30. The summed E-state index contributed by atoms with van der Waals surface area (Å²) in [7, 11) is 0. The maximum atomic E-state index is 13.6. The van der Waals surface area contributed by atoms with Crippen molar-refractivity contribution in [1.82, 2.24) is 5.32 Å². The Kier molecular flexibility index (Phi) is 3.19. The predicted molar refractivity (Wildman–Crippen MR) is 55.7 cm³/mol. The number of hydrogen-bond acceptors (Lipinski definition) is 1. The van der Waals surface area contributed by atoms with Gasteiger partial charge in [-0.2, -0.15) is 0 Å². The van der Waals surface area contributed by atoms with Crippen LogP contribution in [0.25, 0.3) is 0 Å². The molecule has 0 radical (unpaired) electrons. The van der Waals surface area contributed by atoms with Gasteiger partial charge < -0.3 is 5.32 Å². The van der Waals surface area contributed by atoms with E-state index in [4.69, 9.17) is 0 Å². The largest absolute Gasteiger partial charge is 0.316 e. The van der Waals surface area contributed by atoms with E-state index in [0.29, 0.717) is 12.6 Å². The van der Waals surface area contributed by atoms with Gasteiger partial charge in [0.2, 0.25) is 0 Å². The molecule has 1 nitrogen and oxygen atoms in total. The van der Waals surface area contributed by atoms with E-state index in [1.165, 1.54) is 0 Å². The van der Waals surface area contributed by atoms with Gasteiger partial charge in [0.25, 0.3) is 0 Å². The molecule has 4 heteroatoms. The highest BCUT2D eigenvalue weighted by molar-refractivity contribution is 5.25. The maximum Gasteiger partial charge on any atom is 0.161 e. The Hall–Kier alpha value is -1.03. The SMILES string of the molecule is CC1CCNCC1c1cc(F)c(F)cc1F. The molecule has 2 rings (SSSR count). The average molecular weight is 229 g/mol. The van der Waals surface area contributed by atoms with Crippen molar-refractivity contribution < 1.29 is 13.2 Å². The van der Waals surface area contributed by atoms with Gasteiger partial charge in [-0.15, -0.1) is 0 Å². The highest BCUT2D eigenvalue weighted by Crippen LogP contribution is 2.31. The van der Waals surface area contributed by atoms with E-state index in [0.717, 1.165) is 19.0 Å². The molecule has 1 aromatic rings. The van der Waals surface area contributed by atoms with Crippen LogP contribution in [0.15, 0.2) is 12.1 Å². The molecule has 0 aliphatic carbocycles. The third-order valence-electron chi connectivity index (χ3n) is 3.27. The van der Waals surface area contributed by atoms with Crippen LogP contribution in [0.4, 0.5) is 13.2 Å². The van der Waals surface area contributed by atoms with E-state index in [-0.39, 0.29) is 17.4 Å². The summed E-state index contributed by atoms with van der Waals surface area (Å²) < 4.78 is 39.4. The number of piperidine rings is 1. The summed E-state index contributed by atoms with van der Waals surface area (Å²) >= 11 is 0. The average Bonchev–Trinajstić information content (AvgIpc) is 2.25. The number of rotatable bonds is 1. The number of hydrogen-bond donors (Lipinski definition) is 1. The quantitative estimate of drug-likeness (QED) is 0.730. The van der Waals surface area contributed by atoms with Crippen molar-refractivity contribution in [2.45, 2.75) is 19.3 Å². The van der Waals surface area contributed by atoms with E-state index >= 15 is 0 Å². The van der Waals surface area contributed by atoms with E-state index in [2.05, 4.69) is 5.32 Å². The van der Waals surface area contributed by atoms with Gasteiger partial charge in [0, 0.05) is 18.5 Å². The van der Waals surface area contributed by atoms with Crippen molar-refractivity contribution in [3.05, 3.63) is 35.1 Å². The Morgan fingerprint density at radius 2 is 1.81 bits per heavy atom. The standard InChI is InChI=1S/C12H14F3N/c1-7-2-3-16-6-9(7)8-4-11(14)12(15)5-10(8)13/h4-5,7,9,16H,2-3,6H2,1H3. The van der Waals surface area contributed by atoms with Crippen LogP contribution in [0.1, 0.15) is 24.8 Å². The molecule has 0 spiro atoms. The second kappa shape index (κ2) is 4.45. The summed E-state index contributed by atoms with van der Waals surface area (Å²) in [6.45, 7) is 3.51. The summed E-state index contributed by atoms with van der Waals surface area (Å²) in [5, 5.41) is 3.14. The second-order valence-corrected chi connectivity index (χ2v) is 4.36. The molecule has 1 heterocycles. The van der Waals surface area contributed by atoms with Crippen LogP contribution in [0.2, 0.25) is 0 Å². The minimum atomic E-state index is -1.13. The normalized spacial score (nSPS) is 25.8. The molecular formula is C12H14F3N. The van der Waals surface area contributed by atoms with Gasteiger partial charge in [-0.25, -0.2) is 13.2 Å². The first kappa shape index (κ1) is 11.5. The fourth-order valence-corrected chi connectivity index (χ4v) is 2.23. The molecule has 2 unspecified atom stereocenters. The molecule has 0 aromatic heterocycles. The zero-order valence-electron chi connectivity index (χ0n) is 9.06. The molecule has 0 amide bonds. The highest BCUT2D eigenvalue weighted by atomic mass is 19.2. The van der Waals surface area contributed by atoms with Crippen LogP contribution < -0.4 is 5.32 Å². The van der Waals surface area contributed by atoms with Crippen LogP contribution in [0, 0.1) is 23.4 Å². The monoisotopic (exact) mass is 229 g/mol. The lowest BCUT2D eigenvalue weighted by atomic mass is 9.82. The molecular weight excluding hydrogens is 215 g/mol. The molecule has 0 saturated carbocycles. The van der Waals surface area contributed by atoms with Gasteiger partial charge in [-0.3, -0.25) is 0 Å². The van der Waals surface area contributed by atoms with Crippen molar-refractivity contribution in [3.8, 4) is 0 Å². The highest BCUT2D eigenvalue weighted by Gasteiger charge is 2.26. The van der Waals surface area contributed by atoms with Crippen molar-refractivity contribution in [2.75, 3.05) is 13.1 Å². The van der Waals surface area contributed by atoms with Crippen LogP contribution in [-0.2, 0) is 0 Å². The van der Waals surface area contributed by atoms with Gasteiger partial charge >= 0.3 is 0 Å². The predicted octanol–water partition coefficient (Wildman–Crippen LogP) is 2.82. The molecule has 1 fully saturated rings. The minimum absolute atomic E-state index is 0.0798. The van der Waals surface area contributed by atoms with Gasteiger partial charge in [0.05, 0.1) is 0 Å². The van der Waals surface area contributed by atoms with E-state index in [1.54, 1.807) is 0 Å². The van der Waals surface area contributed by atoms with Crippen LogP contribution in [0.5, 0.6) is 0 Å². The Morgan fingerprint density at radius 3 is 2.50 bits per heavy atom. The van der Waals surface area contributed by atoms with Crippen molar-refractivity contribution in [1.29, 1.82) is 0 Å². The van der Waals surface area contributed by atoms with E-state index in [1.807, 2.05) is 6.92 Å². The lowest BCUT2D eigenvalue weighted by molar-refractivity contribution is 0.338. The molecule has 16 heavy (non-hydrogen) atoms. The number of benzene rings is 1. The summed E-state index contributed by atoms with van der Waals surface area (Å²) in [5.74, 6) is -2.56. The van der Waals surface area contributed by atoms with Gasteiger partial charge in [0.15, 0.2) is 11.6 Å². The van der Waals surface area contributed by atoms with Gasteiger partial charge in [0.1, 0.15) is 5.82 Å². The molecule has 1 aliphatic heterocycles. The van der Waals surface area contributed by atoms with Gasteiger partial charge in [-0.1, -0.05) is 6.92 Å². The Balaban J connectivity index is 2.35. The Bertz CT molecular complexity index is 392. The third-order valence-corrected chi connectivity index (χ3v) is 3.27.